The van der Waals surface area contributed by atoms with Crippen molar-refractivity contribution in [3.8, 4) is 11.5 Å². The Bertz CT molecular complexity index is 1100. The fourth-order valence-corrected chi connectivity index (χ4v) is 4.61. The predicted octanol–water partition coefficient (Wildman–Crippen LogP) is 2.57. The standard InChI is InChI=1S/C21H25N3O5S2/c1-27-10-9-24-20(26)19-15(7-11-30-19)23-21(24)31-13-18(25)22-8-6-14-4-5-16(28-2)17(12-14)29-3/h4-5,7,11-12H,6,8-10,13H2,1-3H3,(H,22,25). The molecule has 1 aromatic carbocycles. The number of hydrogen-bond acceptors (Lipinski definition) is 8. The number of carbonyl (C=O) groups is 1. The summed E-state index contributed by atoms with van der Waals surface area (Å²) in [6, 6.07) is 7.50. The molecule has 0 spiro atoms. The molecule has 8 nitrogen and oxygen atoms in total. The summed E-state index contributed by atoms with van der Waals surface area (Å²) in [5, 5.41) is 5.27. The molecule has 0 saturated heterocycles. The van der Waals surface area contributed by atoms with Gasteiger partial charge in [-0.2, -0.15) is 0 Å². The number of nitrogens with one attached hydrogen (secondary N) is 1. The van der Waals surface area contributed by atoms with Gasteiger partial charge in [0.05, 0.1) is 38.6 Å². The fraction of sp³-hybridized carbons (Fsp3) is 0.381. The van der Waals surface area contributed by atoms with E-state index in [0.717, 1.165) is 5.56 Å². The Hall–Kier alpha value is -2.56. The molecule has 0 unspecified atom stereocenters. The van der Waals surface area contributed by atoms with Crippen LogP contribution in [0.3, 0.4) is 0 Å². The third-order valence-electron chi connectivity index (χ3n) is 4.57. The first-order valence-electron chi connectivity index (χ1n) is 9.64. The maximum atomic E-state index is 12.7. The average molecular weight is 464 g/mol. The molecule has 1 N–H and O–H groups in total. The van der Waals surface area contributed by atoms with Gasteiger partial charge in [0.1, 0.15) is 4.70 Å². The minimum Gasteiger partial charge on any atom is -0.493 e. The molecule has 31 heavy (non-hydrogen) atoms. The zero-order valence-corrected chi connectivity index (χ0v) is 19.3. The highest BCUT2D eigenvalue weighted by atomic mass is 32.2. The third kappa shape index (κ3) is 5.78. The number of thiophene rings is 1. The second kappa shape index (κ2) is 11.2. The molecule has 3 aromatic rings. The number of carbonyl (C=O) groups excluding carboxylic acids is 1. The van der Waals surface area contributed by atoms with Crippen LogP contribution in [-0.4, -0.2) is 55.7 Å². The molecule has 0 saturated carbocycles. The lowest BCUT2D eigenvalue weighted by atomic mass is 10.1. The Morgan fingerprint density at radius 2 is 2.00 bits per heavy atom. The van der Waals surface area contributed by atoms with Crippen molar-refractivity contribution < 1.29 is 19.0 Å². The van der Waals surface area contributed by atoms with Gasteiger partial charge in [-0.3, -0.25) is 14.2 Å². The Balaban J connectivity index is 1.58. The Kier molecular flexibility index (Phi) is 8.33. The van der Waals surface area contributed by atoms with Crippen LogP contribution in [0.5, 0.6) is 11.5 Å². The minimum atomic E-state index is -0.122. The van der Waals surface area contributed by atoms with Crippen LogP contribution >= 0.6 is 23.1 Å². The lowest BCUT2D eigenvalue weighted by molar-refractivity contribution is -0.118. The smallest absolute Gasteiger partial charge is 0.272 e. The summed E-state index contributed by atoms with van der Waals surface area (Å²) in [4.78, 5) is 29.6. The van der Waals surface area contributed by atoms with Crippen molar-refractivity contribution >= 4 is 39.2 Å². The third-order valence-corrected chi connectivity index (χ3v) is 6.43. The number of thioether (sulfide) groups is 1. The summed E-state index contributed by atoms with van der Waals surface area (Å²) < 4.78 is 17.8. The van der Waals surface area contributed by atoms with Crippen molar-refractivity contribution in [2.75, 3.05) is 40.2 Å². The largest absolute Gasteiger partial charge is 0.493 e. The van der Waals surface area contributed by atoms with E-state index in [4.69, 9.17) is 14.2 Å². The van der Waals surface area contributed by atoms with Gasteiger partial charge < -0.3 is 19.5 Å². The predicted molar refractivity (Wildman–Crippen MR) is 123 cm³/mol. The Morgan fingerprint density at radius 3 is 2.74 bits per heavy atom. The highest BCUT2D eigenvalue weighted by Gasteiger charge is 2.14. The van der Waals surface area contributed by atoms with E-state index in [1.54, 1.807) is 25.9 Å². The van der Waals surface area contributed by atoms with E-state index in [2.05, 4.69) is 10.3 Å². The van der Waals surface area contributed by atoms with E-state index in [0.29, 0.717) is 53.0 Å². The molecule has 0 fully saturated rings. The van der Waals surface area contributed by atoms with Crippen molar-refractivity contribution in [1.82, 2.24) is 14.9 Å². The van der Waals surface area contributed by atoms with E-state index in [9.17, 15) is 9.59 Å². The molecule has 10 heteroatoms. The van der Waals surface area contributed by atoms with Crippen LogP contribution in [0.4, 0.5) is 0 Å². The molecule has 1 amide bonds. The maximum Gasteiger partial charge on any atom is 0.272 e. The van der Waals surface area contributed by atoms with Gasteiger partial charge in [0.25, 0.3) is 5.56 Å². The monoisotopic (exact) mass is 463 g/mol. The molecule has 0 aliphatic carbocycles. The number of rotatable bonds is 11. The number of benzene rings is 1. The van der Waals surface area contributed by atoms with E-state index in [1.165, 1.54) is 23.1 Å². The molecular weight excluding hydrogens is 438 g/mol. The Labute approximate surface area is 188 Å². The number of amides is 1. The van der Waals surface area contributed by atoms with Crippen LogP contribution in [0.1, 0.15) is 5.56 Å². The molecule has 0 atom stereocenters. The average Bonchev–Trinajstić information content (AvgIpc) is 3.26. The van der Waals surface area contributed by atoms with Crippen LogP contribution in [0.25, 0.3) is 10.2 Å². The lowest BCUT2D eigenvalue weighted by Crippen LogP contribution is -2.28. The fourth-order valence-electron chi connectivity index (χ4n) is 2.98. The summed E-state index contributed by atoms with van der Waals surface area (Å²) in [6.07, 6.45) is 0.661. The topological polar surface area (TPSA) is 91.7 Å². The zero-order chi connectivity index (χ0) is 22.2. The summed E-state index contributed by atoms with van der Waals surface area (Å²) in [5.41, 5.74) is 1.58. The van der Waals surface area contributed by atoms with Crippen LogP contribution in [0.15, 0.2) is 39.6 Å². The van der Waals surface area contributed by atoms with Crippen LogP contribution in [0, 0.1) is 0 Å². The summed E-state index contributed by atoms with van der Waals surface area (Å²) in [5.74, 6) is 1.37. The van der Waals surface area contributed by atoms with E-state index in [-0.39, 0.29) is 17.2 Å². The van der Waals surface area contributed by atoms with Crippen molar-refractivity contribution in [3.63, 3.8) is 0 Å². The summed E-state index contributed by atoms with van der Waals surface area (Å²) in [6.45, 7) is 1.27. The molecule has 3 rings (SSSR count). The number of methoxy groups -OCH3 is 3. The first-order valence-corrected chi connectivity index (χ1v) is 11.5. The first kappa shape index (κ1) is 23.1. The maximum absolute atomic E-state index is 12.7. The van der Waals surface area contributed by atoms with Gasteiger partial charge in [-0.25, -0.2) is 4.98 Å². The first-order chi connectivity index (χ1) is 15.1. The van der Waals surface area contributed by atoms with E-state index in [1.807, 2.05) is 29.6 Å². The van der Waals surface area contributed by atoms with E-state index >= 15 is 0 Å². The van der Waals surface area contributed by atoms with Crippen LogP contribution in [0.2, 0.25) is 0 Å². The number of fused-ring (bicyclic) bond motifs is 1. The second-order valence-electron chi connectivity index (χ2n) is 6.56. The number of aromatic nitrogens is 2. The van der Waals surface area contributed by atoms with Gasteiger partial charge in [0.2, 0.25) is 5.91 Å². The number of ether oxygens (including phenoxy) is 3. The molecule has 0 aliphatic rings. The molecule has 0 aliphatic heterocycles. The number of hydrogen-bond donors (Lipinski definition) is 1. The quantitative estimate of drug-likeness (QED) is 0.345. The molecule has 2 heterocycles. The SMILES string of the molecule is COCCn1c(SCC(=O)NCCc2ccc(OC)c(OC)c2)nc2ccsc2c1=O. The highest BCUT2D eigenvalue weighted by molar-refractivity contribution is 7.99. The molecule has 2 aromatic heterocycles. The van der Waals surface area contributed by atoms with Gasteiger partial charge in [-0.05, 0) is 35.6 Å². The van der Waals surface area contributed by atoms with Gasteiger partial charge in [0, 0.05) is 13.7 Å². The Morgan fingerprint density at radius 1 is 1.19 bits per heavy atom. The summed E-state index contributed by atoms with van der Waals surface area (Å²) >= 11 is 2.61. The lowest BCUT2D eigenvalue weighted by Gasteiger charge is -2.12. The number of nitrogens with zero attached hydrogens (tertiary/aromatic N) is 2. The van der Waals surface area contributed by atoms with Crippen molar-refractivity contribution in [2.45, 2.75) is 18.1 Å². The van der Waals surface area contributed by atoms with Gasteiger partial charge >= 0.3 is 0 Å². The minimum absolute atomic E-state index is 0.103. The van der Waals surface area contributed by atoms with Crippen molar-refractivity contribution in [2.24, 2.45) is 0 Å². The zero-order valence-electron chi connectivity index (χ0n) is 17.7. The van der Waals surface area contributed by atoms with Gasteiger partial charge in [-0.1, -0.05) is 17.8 Å². The van der Waals surface area contributed by atoms with E-state index < -0.39 is 0 Å². The molecular formula is C21H25N3O5S2. The van der Waals surface area contributed by atoms with Crippen LogP contribution < -0.4 is 20.3 Å². The van der Waals surface area contributed by atoms with Crippen LogP contribution in [-0.2, 0) is 22.5 Å². The molecule has 0 radical (unpaired) electrons. The van der Waals surface area contributed by atoms with Crippen molar-refractivity contribution in [3.05, 3.63) is 45.6 Å². The summed E-state index contributed by atoms with van der Waals surface area (Å²) in [7, 11) is 4.77. The highest BCUT2D eigenvalue weighted by Crippen LogP contribution is 2.27. The van der Waals surface area contributed by atoms with Gasteiger partial charge in [0.15, 0.2) is 16.7 Å². The van der Waals surface area contributed by atoms with Crippen molar-refractivity contribution in [1.29, 1.82) is 0 Å². The normalized spacial score (nSPS) is 10.9. The molecule has 0 bridgehead atoms. The van der Waals surface area contributed by atoms with Gasteiger partial charge in [-0.15, -0.1) is 11.3 Å². The molecule has 166 valence electrons. The second-order valence-corrected chi connectivity index (χ2v) is 8.42.